The van der Waals surface area contributed by atoms with E-state index in [-0.39, 0.29) is 6.04 Å². The van der Waals surface area contributed by atoms with Gasteiger partial charge in [0.15, 0.2) is 0 Å². The number of halogens is 1. The summed E-state index contributed by atoms with van der Waals surface area (Å²) in [5.74, 6) is 0. The van der Waals surface area contributed by atoms with Gasteiger partial charge in [-0.1, -0.05) is 48.0 Å². The molecule has 2 rings (SSSR count). The van der Waals surface area contributed by atoms with Gasteiger partial charge in [-0.05, 0) is 37.0 Å². The van der Waals surface area contributed by atoms with Gasteiger partial charge in [0.25, 0.3) is 0 Å². The Balaban J connectivity index is 1.97. The third-order valence-electron chi connectivity index (χ3n) is 3.89. The molecule has 3 nitrogen and oxygen atoms in total. The smallest absolute Gasteiger partial charge is 0.0640 e. The molecule has 114 valence electrons. The lowest BCUT2D eigenvalue weighted by Gasteiger charge is -2.13. The number of hydrogen-bond acceptors (Lipinski definition) is 2. The third kappa shape index (κ3) is 4.42. The lowest BCUT2D eigenvalue weighted by Crippen LogP contribution is -2.26. The zero-order valence-corrected chi connectivity index (χ0v) is 14.4. The van der Waals surface area contributed by atoms with Crippen molar-refractivity contribution in [1.29, 1.82) is 0 Å². The Labute approximate surface area is 135 Å². The molecule has 0 bridgehead atoms. The van der Waals surface area contributed by atoms with Crippen LogP contribution in [0.25, 0.3) is 0 Å². The van der Waals surface area contributed by atoms with E-state index in [1.54, 1.807) is 0 Å². The largest absolute Gasteiger partial charge is 0.327 e. The molecule has 1 unspecified atom stereocenters. The normalized spacial score (nSPS) is 12.8. The average molecular weight is 350 g/mol. The molecule has 0 aliphatic rings. The van der Waals surface area contributed by atoms with E-state index in [0.717, 1.165) is 35.8 Å². The number of benzene rings is 1. The van der Waals surface area contributed by atoms with Crippen LogP contribution in [0.5, 0.6) is 0 Å². The minimum Gasteiger partial charge on any atom is -0.327 e. The van der Waals surface area contributed by atoms with E-state index < -0.39 is 0 Å². The zero-order valence-electron chi connectivity index (χ0n) is 12.8. The van der Waals surface area contributed by atoms with Gasteiger partial charge in [0.2, 0.25) is 0 Å². The highest BCUT2D eigenvalue weighted by Gasteiger charge is 2.12. The number of nitrogens with zero attached hydrogens (tertiary/aromatic N) is 2. The van der Waals surface area contributed by atoms with Crippen LogP contribution in [-0.4, -0.2) is 15.8 Å². The van der Waals surface area contributed by atoms with Gasteiger partial charge in [-0.15, -0.1) is 0 Å². The van der Waals surface area contributed by atoms with Gasteiger partial charge in [0, 0.05) is 23.1 Å². The highest BCUT2D eigenvalue weighted by molar-refractivity contribution is 9.10. The topological polar surface area (TPSA) is 43.8 Å². The van der Waals surface area contributed by atoms with Crippen LogP contribution < -0.4 is 5.73 Å². The molecule has 21 heavy (non-hydrogen) atoms. The fraction of sp³-hybridized carbons (Fsp3) is 0.471. The van der Waals surface area contributed by atoms with Crippen LogP contribution in [0.4, 0.5) is 0 Å². The number of aromatic nitrogens is 2. The Kier molecular flexibility index (Phi) is 6.00. The van der Waals surface area contributed by atoms with E-state index in [2.05, 4.69) is 70.0 Å². The molecule has 2 aromatic rings. The minimum absolute atomic E-state index is 0.0914. The molecular formula is C17H24BrN3. The summed E-state index contributed by atoms with van der Waals surface area (Å²) in [4.78, 5) is 0. The van der Waals surface area contributed by atoms with Gasteiger partial charge >= 0.3 is 0 Å². The zero-order chi connectivity index (χ0) is 15.2. The SMILES string of the molecule is CCC(CC)n1ccc(CC(N)Cc2ccccc2Br)n1. The van der Waals surface area contributed by atoms with Crippen molar-refractivity contribution in [3.05, 3.63) is 52.3 Å². The van der Waals surface area contributed by atoms with Crippen LogP contribution in [0.3, 0.4) is 0 Å². The second-order valence-electron chi connectivity index (χ2n) is 5.52. The van der Waals surface area contributed by atoms with Crippen LogP contribution in [0, 0.1) is 0 Å². The van der Waals surface area contributed by atoms with Gasteiger partial charge in [0.05, 0.1) is 11.7 Å². The molecule has 1 heterocycles. The molecule has 0 spiro atoms. The Morgan fingerprint density at radius 2 is 1.86 bits per heavy atom. The number of rotatable bonds is 7. The molecule has 0 amide bonds. The summed E-state index contributed by atoms with van der Waals surface area (Å²) >= 11 is 3.58. The first kappa shape index (κ1) is 16.2. The van der Waals surface area contributed by atoms with Crippen molar-refractivity contribution >= 4 is 15.9 Å². The van der Waals surface area contributed by atoms with Crippen LogP contribution in [-0.2, 0) is 12.8 Å². The maximum Gasteiger partial charge on any atom is 0.0640 e. The second-order valence-corrected chi connectivity index (χ2v) is 6.37. The quantitative estimate of drug-likeness (QED) is 0.816. The molecular weight excluding hydrogens is 326 g/mol. The Bertz CT molecular complexity index is 561. The van der Waals surface area contributed by atoms with Crippen molar-refractivity contribution in [3.63, 3.8) is 0 Å². The molecule has 1 aromatic heterocycles. The van der Waals surface area contributed by atoms with Gasteiger partial charge in [-0.3, -0.25) is 4.68 Å². The summed E-state index contributed by atoms with van der Waals surface area (Å²) in [6, 6.07) is 10.9. The monoisotopic (exact) mass is 349 g/mol. The molecule has 0 fully saturated rings. The molecule has 0 radical (unpaired) electrons. The summed E-state index contributed by atoms with van der Waals surface area (Å²) < 4.78 is 3.21. The minimum atomic E-state index is 0.0914. The maximum absolute atomic E-state index is 6.29. The lowest BCUT2D eigenvalue weighted by atomic mass is 10.0. The van der Waals surface area contributed by atoms with E-state index in [9.17, 15) is 0 Å². The van der Waals surface area contributed by atoms with E-state index in [1.165, 1.54) is 5.56 Å². The molecule has 0 aliphatic carbocycles. The van der Waals surface area contributed by atoms with Gasteiger partial charge in [-0.25, -0.2) is 0 Å². The number of nitrogens with two attached hydrogens (primary N) is 1. The van der Waals surface area contributed by atoms with Crippen molar-refractivity contribution in [2.75, 3.05) is 0 Å². The summed E-state index contributed by atoms with van der Waals surface area (Å²) in [7, 11) is 0. The van der Waals surface area contributed by atoms with Crippen LogP contribution >= 0.6 is 15.9 Å². The van der Waals surface area contributed by atoms with E-state index in [4.69, 9.17) is 5.73 Å². The molecule has 2 N–H and O–H groups in total. The van der Waals surface area contributed by atoms with E-state index >= 15 is 0 Å². The van der Waals surface area contributed by atoms with Gasteiger partial charge in [-0.2, -0.15) is 5.10 Å². The summed E-state index contributed by atoms with van der Waals surface area (Å²) in [5.41, 5.74) is 8.63. The highest BCUT2D eigenvalue weighted by Crippen LogP contribution is 2.19. The molecule has 0 saturated heterocycles. The first-order chi connectivity index (χ1) is 10.1. The predicted octanol–water partition coefficient (Wildman–Crippen LogP) is 4.12. The van der Waals surface area contributed by atoms with E-state index in [0.29, 0.717) is 6.04 Å². The van der Waals surface area contributed by atoms with E-state index in [1.807, 2.05) is 6.07 Å². The molecule has 0 aliphatic heterocycles. The van der Waals surface area contributed by atoms with Gasteiger partial charge < -0.3 is 5.73 Å². The Morgan fingerprint density at radius 1 is 1.14 bits per heavy atom. The standard InChI is InChI=1S/C17H24BrN3/c1-3-16(4-2)21-10-9-15(20-21)12-14(19)11-13-7-5-6-8-17(13)18/h5-10,14,16H,3-4,11-12,19H2,1-2H3. The van der Waals surface area contributed by atoms with Crippen LogP contribution in [0.2, 0.25) is 0 Å². The summed E-state index contributed by atoms with van der Waals surface area (Å²) in [6.45, 7) is 4.41. The lowest BCUT2D eigenvalue weighted by molar-refractivity contribution is 0.424. The molecule has 1 atom stereocenters. The predicted molar refractivity (Wildman–Crippen MR) is 91.4 cm³/mol. The second kappa shape index (κ2) is 7.76. The summed E-state index contributed by atoms with van der Waals surface area (Å²) in [6.07, 6.45) is 5.98. The molecule has 1 aromatic carbocycles. The van der Waals surface area contributed by atoms with Crippen LogP contribution in [0.15, 0.2) is 41.0 Å². The van der Waals surface area contributed by atoms with Crippen molar-refractivity contribution in [1.82, 2.24) is 9.78 Å². The van der Waals surface area contributed by atoms with Crippen molar-refractivity contribution in [2.24, 2.45) is 5.73 Å². The highest BCUT2D eigenvalue weighted by atomic mass is 79.9. The van der Waals surface area contributed by atoms with Crippen LogP contribution in [0.1, 0.15) is 44.0 Å². The Hall–Kier alpha value is -1.13. The first-order valence-electron chi connectivity index (χ1n) is 7.67. The first-order valence-corrected chi connectivity index (χ1v) is 8.46. The van der Waals surface area contributed by atoms with Crippen molar-refractivity contribution in [3.8, 4) is 0 Å². The summed E-state index contributed by atoms with van der Waals surface area (Å²) in [5, 5.41) is 4.68. The van der Waals surface area contributed by atoms with Gasteiger partial charge in [0.1, 0.15) is 0 Å². The average Bonchev–Trinajstić information content (AvgIpc) is 2.91. The fourth-order valence-corrected chi connectivity index (χ4v) is 3.09. The molecule has 4 heteroatoms. The molecule has 0 saturated carbocycles. The maximum atomic E-state index is 6.29. The fourth-order valence-electron chi connectivity index (χ4n) is 2.64. The Morgan fingerprint density at radius 3 is 2.52 bits per heavy atom. The van der Waals surface area contributed by atoms with Crippen molar-refractivity contribution < 1.29 is 0 Å². The number of hydrogen-bond donors (Lipinski definition) is 1. The van der Waals surface area contributed by atoms with Crippen molar-refractivity contribution in [2.45, 2.75) is 51.6 Å². The third-order valence-corrected chi connectivity index (χ3v) is 4.67.